The van der Waals surface area contributed by atoms with E-state index >= 15 is 0 Å². The second-order valence-corrected chi connectivity index (χ2v) is 8.19. The maximum atomic E-state index is 13.0. The summed E-state index contributed by atoms with van der Waals surface area (Å²) in [6, 6.07) is 32.3. The first-order valence-corrected chi connectivity index (χ1v) is 12.0. The number of benzene rings is 4. The summed E-state index contributed by atoms with van der Waals surface area (Å²) in [6.07, 6.45) is 0. The summed E-state index contributed by atoms with van der Waals surface area (Å²) in [7, 11) is 0. The van der Waals surface area contributed by atoms with Crippen LogP contribution < -0.4 is 25.4 Å². The van der Waals surface area contributed by atoms with E-state index < -0.39 is 5.91 Å². The van der Waals surface area contributed by atoms with E-state index in [2.05, 4.69) is 16.0 Å². The molecule has 37 heavy (non-hydrogen) atoms. The van der Waals surface area contributed by atoms with Gasteiger partial charge in [0.1, 0.15) is 24.7 Å². The summed E-state index contributed by atoms with van der Waals surface area (Å²) in [4.78, 5) is 25.8. The van der Waals surface area contributed by atoms with Gasteiger partial charge in [-0.3, -0.25) is 14.9 Å². The van der Waals surface area contributed by atoms with Gasteiger partial charge in [0.25, 0.3) is 11.8 Å². The van der Waals surface area contributed by atoms with Gasteiger partial charge in [0.15, 0.2) is 5.11 Å². The van der Waals surface area contributed by atoms with Crippen LogP contribution in [0.25, 0.3) is 0 Å². The summed E-state index contributed by atoms with van der Waals surface area (Å²) in [6.45, 7) is 0.577. The topological polar surface area (TPSA) is 88.7 Å². The normalized spacial score (nSPS) is 10.2. The molecule has 8 heteroatoms. The fourth-order valence-corrected chi connectivity index (χ4v) is 3.64. The van der Waals surface area contributed by atoms with Gasteiger partial charge < -0.3 is 20.1 Å². The van der Waals surface area contributed by atoms with Gasteiger partial charge in [0, 0.05) is 5.69 Å². The van der Waals surface area contributed by atoms with Crippen molar-refractivity contribution in [2.24, 2.45) is 0 Å². The number of ether oxygens (including phenoxy) is 2. The predicted molar refractivity (Wildman–Crippen MR) is 148 cm³/mol. The lowest BCUT2D eigenvalue weighted by Crippen LogP contribution is -2.35. The van der Waals surface area contributed by atoms with Crippen LogP contribution >= 0.6 is 12.2 Å². The lowest BCUT2D eigenvalue weighted by atomic mass is 10.1. The molecule has 0 spiro atoms. The Morgan fingerprint density at radius 1 is 0.622 bits per heavy atom. The van der Waals surface area contributed by atoms with Crippen LogP contribution in [0, 0.1) is 0 Å². The monoisotopic (exact) mass is 511 g/mol. The lowest BCUT2D eigenvalue weighted by molar-refractivity contribution is 0.0971. The van der Waals surface area contributed by atoms with Gasteiger partial charge in [-0.25, -0.2) is 0 Å². The summed E-state index contributed by atoms with van der Waals surface area (Å²) in [5, 5.41) is 8.49. The third kappa shape index (κ3) is 7.39. The van der Waals surface area contributed by atoms with Crippen molar-refractivity contribution in [1.29, 1.82) is 0 Å². The molecule has 0 radical (unpaired) electrons. The molecule has 0 aromatic heterocycles. The molecule has 0 aliphatic heterocycles. The minimum atomic E-state index is -0.441. The van der Waals surface area contributed by atoms with E-state index in [1.165, 1.54) is 0 Å². The third-order valence-electron chi connectivity index (χ3n) is 5.16. The Kier molecular flexibility index (Phi) is 8.82. The number of rotatable bonds is 9. The van der Waals surface area contributed by atoms with Gasteiger partial charge in [-0.1, -0.05) is 60.7 Å². The molecule has 0 unspecified atom stereocenters. The molecule has 4 aromatic rings. The Labute approximate surface area is 220 Å². The summed E-state index contributed by atoms with van der Waals surface area (Å²) in [5.74, 6) is 0.400. The van der Waals surface area contributed by atoms with Crippen molar-refractivity contribution in [3.8, 4) is 11.5 Å². The minimum absolute atomic E-state index is 0.0483. The zero-order chi connectivity index (χ0) is 25.9. The standard InChI is InChI=1S/C29H25N3O4S/c33-27(30-21-11-3-1-4-12-21)23-15-7-9-17-25(23)31-29(37)32-28(34)24-16-8-10-18-26(24)36-20-19-35-22-13-5-2-6-14-22/h1-18H,19-20H2,(H,30,33)(H2,31,32,34,37). The molecule has 3 N–H and O–H groups in total. The minimum Gasteiger partial charge on any atom is -0.490 e. The zero-order valence-electron chi connectivity index (χ0n) is 19.8. The summed E-state index contributed by atoms with van der Waals surface area (Å²) >= 11 is 5.36. The Morgan fingerprint density at radius 3 is 1.97 bits per heavy atom. The van der Waals surface area contributed by atoms with Crippen molar-refractivity contribution in [3.63, 3.8) is 0 Å². The molecule has 2 amide bonds. The predicted octanol–water partition coefficient (Wildman–Crippen LogP) is 5.52. The number of hydrogen-bond donors (Lipinski definition) is 3. The van der Waals surface area contributed by atoms with Gasteiger partial charge >= 0.3 is 0 Å². The third-order valence-corrected chi connectivity index (χ3v) is 5.37. The average molecular weight is 512 g/mol. The maximum absolute atomic E-state index is 13.0. The van der Waals surface area contributed by atoms with Crippen LogP contribution in [0.5, 0.6) is 11.5 Å². The van der Waals surface area contributed by atoms with E-state index in [4.69, 9.17) is 21.7 Å². The van der Waals surface area contributed by atoms with Crippen LogP contribution in [0.1, 0.15) is 20.7 Å². The summed E-state index contributed by atoms with van der Waals surface area (Å²) in [5.41, 5.74) is 1.83. The fourth-order valence-electron chi connectivity index (χ4n) is 3.44. The molecule has 186 valence electrons. The Morgan fingerprint density at radius 2 is 1.22 bits per heavy atom. The van der Waals surface area contributed by atoms with E-state index in [9.17, 15) is 9.59 Å². The second-order valence-electron chi connectivity index (χ2n) is 7.78. The van der Waals surface area contributed by atoms with Crippen LogP contribution in [0.4, 0.5) is 11.4 Å². The van der Waals surface area contributed by atoms with Crippen molar-refractivity contribution < 1.29 is 19.1 Å². The SMILES string of the molecule is O=C(Nc1ccccc1)c1ccccc1NC(=S)NC(=O)c1ccccc1OCCOc1ccccc1. The second kappa shape index (κ2) is 12.9. The molecule has 0 aliphatic rings. The number of amides is 2. The number of anilines is 2. The largest absolute Gasteiger partial charge is 0.490 e. The first-order chi connectivity index (χ1) is 18.1. The molecule has 0 saturated carbocycles. The highest BCUT2D eigenvalue weighted by Crippen LogP contribution is 2.20. The number of thiocarbonyl (C=S) groups is 1. The summed E-state index contributed by atoms with van der Waals surface area (Å²) < 4.78 is 11.4. The Balaban J connectivity index is 1.35. The fraction of sp³-hybridized carbons (Fsp3) is 0.0690. The Hall–Kier alpha value is -4.69. The molecule has 0 saturated heterocycles. The van der Waals surface area contributed by atoms with Gasteiger partial charge in [-0.2, -0.15) is 0 Å². The molecule has 0 fully saturated rings. The van der Waals surface area contributed by atoms with Crippen LogP contribution in [0.15, 0.2) is 109 Å². The first-order valence-electron chi connectivity index (χ1n) is 11.6. The van der Waals surface area contributed by atoms with E-state index in [1.54, 1.807) is 60.7 Å². The van der Waals surface area contributed by atoms with E-state index in [0.29, 0.717) is 34.9 Å². The van der Waals surface area contributed by atoms with E-state index in [-0.39, 0.29) is 17.6 Å². The van der Waals surface area contributed by atoms with Crippen LogP contribution in [0.2, 0.25) is 0 Å². The zero-order valence-corrected chi connectivity index (χ0v) is 20.7. The molecule has 0 atom stereocenters. The molecule has 0 aliphatic carbocycles. The molecular formula is C29H25N3O4S. The highest BCUT2D eigenvalue weighted by Gasteiger charge is 2.16. The Bertz CT molecular complexity index is 1360. The first kappa shape index (κ1) is 25.4. The number of carbonyl (C=O) groups excluding carboxylic acids is 2. The molecule has 0 bridgehead atoms. The van der Waals surface area contributed by atoms with Crippen molar-refractivity contribution in [1.82, 2.24) is 5.32 Å². The van der Waals surface area contributed by atoms with Crippen LogP contribution in [0.3, 0.4) is 0 Å². The van der Waals surface area contributed by atoms with Crippen LogP contribution in [-0.2, 0) is 0 Å². The molecular weight excluding hydrogens is 486 g/mol. The molecule has 0 heterocycles. The van der Waals surface area contributed by atoms with E-state index in [1.807, 2.05) is 48.5 Å². The van der Waals surface area contributed by atoms with Crippen molar-refractivity contribution >= 4 is 40.5 Å². The van der Waals surface area contributed by atoms with Crippen LogP contribution in [-0.4, -0.2) is 30.1 Å². The van der Waals surface area contributed by atoms with Gasteiger partial charge in [0.05, 0.1) is 16.8 Å². The van der Waals surface area contributed by atoms with Gasteiger partial charge in [-0.15, -0.1) is 0 Å². The van der Waals surface area contributed by atoms with Gasteiger partial charge in [-0.05, 0) is 60.7 Å². The quantitative estimate of drug-likeness (QED) is 0.202. The van der Waals surface area contributed by atoms with Crippen molar-refractivity contribution in [3.05, 3.63) is 120 Å². The van der Waals surface area contributed by atoms with E-state index in [0.717, 1.165) is 5.75 Å². The lowest BCUT2D eigenvalue weighted by Gasteiger charge is -2.15. The number of nitrogens with one attached hydrogen (secondary N) is 3. The maximum Gasteiger partial charge on any atom is 0.261 e. The van der Waals surface area contributed by atoms with Crippen molar-refractivity contribution in [2.45, 2.75) is 0 Å². The highest BCUT2D eigenvalue weighted by molar-refractivity contribution is 7.80. The average Bonchev–Trinajstić information content (AvgIpc) is 2.92. The highest BCUT2D eigenvalue weighted by atomic mass is 32.1. The van der Waals surface area contributed by atoms with Gasteiger partial charge in [0.2, 0.25) is 0 Å². The van der Waals surface area contributed by atoms with Crippen molar-refractivity contribution in [2.75, 3.05) is 23.8 Å². The molecule has 4 aromatic carbocycles. The molecule has 7 nitrogen and oxygen atoms in total. The smallest absolute Gasteiger partial charge is 0.261 e. The number of hydrogen-bond acceptors (Lipinski definition) is 5. The molecule has 4 rings (SSSR count). The number of para-hydroxylation sites is 4. The number of carbonyl (C=O) groups is 2.